The summed E-state index contributed by atoms with van der Waals surface area (Å²) in [5, 5.41) is 2.85. The molecule has 7 nitrogen and oxygen atoms in total. The summed E-state index contributed by atoms with van der Waals surface area (Å²) in [5.41, 5.74) is 2.33. The van der Waals surface area contributed by atoms with Crippen LogP contribution in [0.15, 0.2) is 79.1 Å². The summed E-state index contributed by atoms with van der Waals surface area (Å²) in [7, 11) is 0. The molecule has 0 saturated heterocycles. The molecular weight excluding hydrogens is 425 g/mol. The summed E-state index contributed by atoms with van der Waals surface area (Å²) in [6.07, 6.45) is 1.37. The van der Waals surface area contributed by atoms with Gasteiger partial charge in [0.05, 0.1) is 5.69 Å². The van der Waals surface area contributed by atoms with Crippen LogP contribution in [0, 0.1) is 5.82 Å². The minimum absolute atomic E-state index is 0.299. The van der Waals surface area contributed by atoms with Crippen molar-refractivity contribution in [1.82, 2.24) is 9.97 Å². The van der Waals surface area contributed by atoms with Gasteiger partial charge in [-0.2, -0.15) is 0 Å². The third-order valence-corrected chi connectivity index (χ3v) is 4.90. The largest absolute Gasteiger partial charge is 0.486 e. The predicted octanol–water partition coefficient (Wildman–Crippen LogP) is 5.10. The fourth-order valence-corrected chi connectivity index (χ4v) is 3.32. The molecule has 3 aromatic carbocycles. The summed E-state index contributed by atoms with van der Waals surface area (Å²) < 4.78 is 30.1. The molecule has 0 radical (unpaired) electrons. The summed E-state index contributed by atoms with van der Waals surface area (Å²) in [6.45, 7) is 0.971. The van der Waals surface area contributed by atoms with E-state index in [2.05, 4.69) is 15.3 Å². The number of fused-ring (bicyclic) bond motifs is 1. The van der Waals surface area contributed by atoms with Gasteiger partial charge in [-0.3, -0.25) is 4.79 Å². The quantitative estimate of drug-likeness (QED) is 0.462. The van der Waals surface area contributed by atoms with Gasteiger partial charge in [0.2, 0.25) is 5.88 Å². The number of amides is 1. The highest BCUT2D eigenvalue weighted by molar-refractivity contribution is 6.04. The highest BCUT2D eigenvalue weighted by Gasteiger charge is 2.14. The number of ether oxygens (including phenoxy) is 3. The molecule has 1 N–H and O–H groups in total. The molecule has 2 heterocycles. The van der Waals surface area contributed by atoms with Crippen molar-refractivity contribution < 1.29 is 23.4 Å². The van der Waals surface area contributed by atoms with Gasteiger partial charge in [0, 0.05) is 28.9 Å². The number of benzene rings is 3. The van der Waals surface area contributed by atoms with Crippen LogP contribution in [0.3, 0.4) is 0 Å². The van der Waals surface area contributed by atoms with Crippen molar-refractivity contribution in [1.29, 1.82) is 0 Å². The molecule has 8 heteroatoms. The molecule has 0 atom stereocenters. The molecule has 0 aliphatic carbocycles. The number of anilines is 1. The van der Waals surface area contributed by atoms with Gasteiger partial charge in [-0.25, -0.2) is 14.4 Å². The zero-order valence-electron chi connectivity index (χ0n) is 17.3. The maximum absolute atomic E-state index is 13.2. The minimum Gasteiger partial charge on any atom is -0.486 e. The summed E-state index contributed by atoms with van der Waals surface area (Å²) in [4.78, 5) is 21.1. The van der Waals surface area contributed by atoms with Crippen LogP contribution in [0.5, 0.6) is 23.1 Å². The second kappa shape index (κ2) is 8.96. The molecule has 1 aliphatic heterocycles. The average Bonchev–Trinajstić information content (AvgIpc) is 2.85. The standard InChI is InChI=1S/C25H18FN3O4/c26-18-6-4-16(5-7-18)21-14-24(28-15-27-21)33-20-3-1-2-17(12-20)25(30)29-19-8-9-22-23(13-19)32-11-10-31-22/h1-9,12-15H,10-11H2,(H,29,30). The van der Waals surface area contributed by atoms with Gasteiger partial charge in [-0.1, -0.05) is 6.07 Å². The maximum Gasteiger partial charge on any atom is 0.255 e. The van der Waals surface area contributed by atoms with E-state index in [1.165, 1.54) is 18.5 Å². The molecule has 1 aliphatic rings. The molecule has 33 heavy (non-hydrogen) atoms. The number of rotatable bonds is 5. The maximum atomic E-state index is 13.2. The van der Waals surface area contributed by atoms with Gasteiger partial charge in [0.15, 0.2) is 11.5 Å². The Labute approximate surface area is 188 Å². The molecule has 0 fully saturated rings. The number of nitrogens with one attached hydrogen (secondary N) is 1. The average molecular weight is 443 g/mol. The molecular formula is C25H18FN3O4. The van der Waals surface area contributed by atoms with E-state index in [0.717, 1.165) is 5.56 Å². The highest BCUT2D eigenvalue weighted by Crippen LogP contribution is 2.33. The molecule has 0 unspecified atom stereocenters. The summed E-state index contributed by atoms with van der Waals surface area (Å²) in [5.74, 6) is 1.36. The lowest BCUT2D eigenvalue weighted by atomic mass is 10.1. The second-order valence-corrected chi connectivity index (χ2v) is 7.19. The number of carbonyl (C=O) groups is 1. The van der Waals surface area contributed by atoms with Gasteiger partial charge >= 0.3 is 0 Å². The van der Waals surface area contributed by atoms with E-state index in [4.69, 9.17) is 14.2 Å². The molecule has 1 amide bonds. The van der Waals surface area contributed by atoms with Crippen molar-refractivity contribution in [3.63, 3.8) is 0 Å². The lowest BCUT2D eigenvalue weighted by Crippen LogP contribution is -2.16. The monoisotopic (exact) mass is 443 g/mol. The van der Waals surface area contributed by atoms with Crippen molar-refractivity contribution in [2.24, 2.45) is 0 Å². The van der Waals surface area contributed by atoms with Crippen molar-refractivity contribution in [3.8, 4) is 34.4 Å². The first-order chi connectivity index (χ1) is 16.1. The van der Waals surface area contributed by atoms with E-state index in [-0.39, 0.29) is 11.7 Å². The predicted molar refractivity (Wildman–Crippen MR) is 119 cm³/mol. The normalized spacial score (nSPS) is 12.2. The molecule has 1 aromatic heterocycles. The van der Waals surface area contributed by atoms with E-state index in [0.29, 0.717) is 53.3 Å². The number of hydrogen-bond donors (Lipinski definition) is 1. The van der Waals surface area contributed by atoms with E-state index in [9.17, 15) is 9.18 Å². The van der Waals surface area contributed by atoms with Crippen LogP contribution in [-0.4, -0.2) is 29.1 Å². The molecule has 164 valence electrons. The summed E-state index contributed by atoms with van der Waals surface area (Å²) in [6, 6.07) is 19.6. The van der Waals surface area contributed by atoms with Crippen molar-refractivity contribution >= 4 is 11.6 Å². The Hall–Kier alpha value is -4.46. The minimum atomic E-state index is -0.324. The Balaban J connectivity index is 1.31. The van der Waals surface area contributed by atoms with E-state index in [1.807, 2.05) is 0 Å². The zero-order chi connectivity index (χ0) is 22.6. The fourth-order valence-electron chi connectivity index (χ4n) is 3.32. The third kappa shape index (κ3) is 4.74. The number of aromatic nitrogens is 2. The van der Waals surface area contributed by atoms with Gasteiger partial charge in [0.1, 0.15) is 31.1 Å². The van der Waals surface area contributed by atoms with Crippen LogP contribution >= 0.6 is 0 Å². The molecule has 4 aromatic rings. The number of carbonyl (C=O) groups excluding carboxylic acids is 1. The molecule has 0 spiro atoms. The van der Waals surface area contributed by atoms with Gasteiger partial charge < -0.3 is 19.5 Å². The molecule has 5 rings (SSSR count). The first-order valence-electron chi connectivity index (χ1n) is 10.2. The summed E-state index contributed by atoms with van der Waals surface area (Å²) >= 11 is 0. The molecule has 0 saturated carbocycles. The number of nitrogens with zero attached hydrogens (tertiary/aromatic N) is 2. The first-order valence-corrected chi connectivity index (χ1v) is 10.2. The Morgan fingerprint density at radius 1 is 0.909 bits per heavy atom. The van der Waals surface area contributed by atoms with Crippen molar-refractivity contribution in [2.75, 3.05) is 18.5 Å². The van der Waals surface area contributed by atoms with Crippen LogP contribution in [-0.2, 0) is 0 Å². The third-order valence-electron chi connectivity index (χ3n) is 4.90. The van der Waals surface area contributed by atoms with Crippen LogP contribution in [0.2, 0.25) is 0 Å². The van der Waals surface area contributed by atoms with Crippen LogP contribution in [0.25, 0.3) is 11.3 Å². The van der Waals surface area contributed by atoms with Gasteiger partial charge in [0.25, 0.3) is 5.91 Å². The Morgan fingerprint density at radius 3 is 2.58 bits per heavy atom. The first kappa shape index (κ1) is 20.4. The van der Waals surface area contributed by atoms with E-state index < -0.39 is 0 Å². The lowest BCUT2D eigenvalue weighted by molar-refractivity contribution is 0.102. The topological polar surface area (TPSA) is 82.6 Å². The van der Waals surface area contributed by atoms with Crippen molar-refractivity contribution in [3.05, 3.63) is 90.5 Å². The SMILES string of the molecule is O=C(Nc1ccc2c(c1)OCCO2)c1cccc(Oc2cc(-c3ccc(F)cc3)ncn2)c1. The Kier molecular flexibility index (Phi) is 5.55. The van der Waals surface area contributed by atoms with Gasteiger partial charge in [-0.05, 0) is 54.6 Å². The smallest absolute Gasteiger partial charge is 0.255 e. The van der Waals surface area contributed by atoms with E-state index >= 15 is 0 Å². The Morgan fingerprint density at radius 2 is 1.73 bits per heavy atom. The number of halogens is 1. The van der Waals surface area contributed by atoms with E-state index in [1.54, 1.807) is 60.7 Å². The van der Waals surface area contributed by atoms with Crippen molar-refractivity contribution in [2.45, 2.75) is 0 Å². The van der Waals surface area contributed by atoms with Crippen LogP contribution < -0.4 is 19.5 Å². The zero-order valence-corrected chi connectivity index (χ0v) is 17.3. The lowest BCUT2D eigenvalue weighted by Gasteiger charge is -2.19. The molecule has 0 bridgehead atoms. The van der Waals surface area contributed by atoms with Gasteiger partial charge in [-0.15, -0.1) is 0 Å². The van der Waals surface area contributed by atoms with Crippen LogP contribution in [0.1, 0.15) is 10.4 Å². The second-order valence-electron chi connectivity index (χ2n) is 7.19. The number of hydrogen-bond acceptors (Lipinski definition) is 6. The Bertz CT molecular complexity index is 1310. The fraction of sp³-hybridized carbons (Fsp3) is 0.0800. The van der Waals surface area contributed by atoms with Crippen LogP contribution in [0.4, 0.5) is 10.1 Å². The highest BCUT2D eigenvalue weighted by atomic mass is 19.1.